The van der Waals surface area contributed by atoms with Gasteiger partial charge in [0.2, 0.25) is 5.91 Å². The number of aryl methyl sites for hydroxylation is 1. The van der Waals surface area contributed by atoms with Gasteiger partial charge in [-0.3, -0.25) is 9.78 Å². The molecule has 3 amide bonds. The zero-order chi connectivity index (χ0) is 17.4. The van der Waals surface area contributed by atoms with Crippen molar-refractivity contribution < 1.29 is 9.59 Å². The number of thioether (sulfide) groups is 1. The number of hydrogen-bond acceptors (Lipinski definition) is 4. The molecular formula is C18H24N4O2S. The average molecular weight is 360 g/mol. The van der Waals surface area contributed by atoms with Crippen LogP contribution < -0.4 is 16.4 Å². The third kappa shape index (κ3) is 3.34. The fourth-order valence-corrected chi connectivity index (χ4v) is 6.22. The molecule has 2 heterocycles. The summed E-state index contributed by atoms with van der Waals surface area (Å²) in [6.07, 6.45) is 10.4. The normalized spacial score (nSPS) is 30.4. The third-order valence-corrected chi connectivity index (χ3v) is 7.29. The summed E-state index contributed by atoms with van der Waals surface area (Å²) in [5, 5.41) is 6.11. The Morgan fingerprint density at radius 2 is 2.08 bits per heavy atom. The lowest BCUT2D eigenvalue weighted by Crippen LogP contribution is -2.53. The zero-order valence-electron chi connectivity index (χ0n) is 14.2. The molecule has 1 saturated heterocycles. The van der Waals surface area contributed by atoms with Crippen molar-refractivity contribution in [3.8, 4) is 0 Å². The van der Waals surface area contributed by atoms with Gasteiger partial charge < -0.3 is 16.4 Å². The van der Waals surface area contributed by atoms with Gasteiger partial charge in [-0.25, -0.2) is 4.79 Å². The van der Waals surface area contributed by atoms with Crippen molar-refractivity contribution in [2.75, 3.05) is 11.1 Å². The van der Waals surface area contributed by atoms with Gasteiger partial charge >= 0.3 is 6.03 Å². The molecule has 1 aromatic heterocycles. The van der Waals surface area contributed by atoms with Gasteiger partial charge in [0, 0.05) is 22.9 Å². The van der Waals surface area contributed by atoms with Gasteiger partial charge in [0.15, 0.2) is 0 Å². The number of aromatic nitrogens is 1. The van der Waals surface area contributed by atoms with E-state index >= 15 is 0 Å². The smallest absolute Gasteiger partial charge is 0.319 e. The molecule has 1 saturated carbocycles. The van der Waals surface area contributed by atoms with Gasteiger partial charge in [-0.1, -0.05) is 0 Å². The summed E-state index contributed by atoms with van der Waals surface area (Å²) in [6.45, 7) is 0. The van der Waals surface area contributed by atoms with Crippen LogP contribution in [0.5, 0.6) is 0 Å². The quantitative estimate of drug-likeness (QED) is 0.770. The molecule has 7 heteroatoms. The van der Waals surface area contributed by atoms with Crippen molar-refractivity contribution in [1.29, 1.82) is 0 Å². The Kier molecular flexibility index (Phi) is 4.35. The fourth-order valence-electron chi connectivity index (χ4n) is 4.42. The first-order valence-corrected chi connectivity index (χ1v) is 10.00. The molecule has 134 valence electrons. The molecule has 0 aromatic carbocycles. The lowest BCUT2D eigenvalue weighted by Gasteiger charge is -2.50. The van der Waals surface area contributed by atoms with Crippen molar-refractivity contribution in [2.45, 2.75) is 55.7 Å². The number of hydrogen-bond donors (Lipinski definition) is 3. The highest BCUT2D eigenvalue weighted by atomic mass is 32.2. The minimum atomic E-state index is -0.190. The summed E-state index contributed by atoms with van der Waals surface area (Å²) in [4.78, 5) is 28.0. The molecule has 6 nitrogen and oxygen atoms in total. The van der Waals surface area contributed by atoms with Crippen LogP contribution in [0.3, 0.4) is 0 Å². The largest absolute Gasteiger partial charge is 0.369 e. The summed E-state index contributed by atoms with van der Waals surface area (Å²) >= 11 is 1.94. The summed E-state index contributed by atoms with van der Waals surface area (Å²) in [6, 6.07) is -0.000258. The minimum Gasteiger partial charge on any atom is -0.369 e. The van der Waals surface area contributed by atoms with Crippen LogP contribution in [0.2, 0.25) is 0 Å². The predicted molar refractivity (Wildman–Crippen MR) is 98.5 cm³/mol. The van der Waals surface area contributed by atoms with Crippen LogP contribution in [0.25, 0.3) is 0 Å². The first-order chi connectivity index (χ1) is 12.0. The Morgan fingerprint density at radius 3 is 2.88 bits per heavy atom. The number of fused-ring (bicyclic) bond motifs is 1. The van der Waals surface area contributed by atoms with E-state index in [1.165, 1.54) is 11.1 Å². The Bertz CT molecular complexity index is 702. The minimum absolute atomic E-state index is 0.0121. The van der Waals surface area contributed by atoms with Crippen LogP contribution in [0.15, 0.2) is 12.4 Å². The highest BCUT2D eigenvalue weighted by molar-refractivity contribution is 8.00. The van der Waals surface area contributed by atoms with Crippen molar-refractivity contribution in [1.82, 2.24) is 10.3 Å². The van der Waals surface area contributed by atoms with E-state index in [1.54, 1.807) is 6.20 Å². The molecule has 4 rings (SSSR count). The molecule has 25 heavy (non-hydrogen) atoms. The maximum absolute atomic E-state index is 12.4. The average Bonchev–Trinajstić information content (AvgIpc) is 3.02. The van der Waals surface area contributed by atoms with Gasteiger partial charge in [-0.05, 0) is 61.8 Å². The Balaban J connectivity index is 1.34. The monoisotopic (exact) mass is 360 g/mol. The van der Waals surface area contributed by atoms with Gasteiger partial charge in [0.1, 0.15) is 0 Å². The van der Waals surface area contributed by atoms with E-state index in [2.05, 4.69) is 15.6 Å². The number of carbonyl (C=O) groups excluding carboxylic acids is 2. The maximum atomic E-state index is 12.4. The van der Waals surface area contributed by atoms with Crippen LogP contribution in [0, 0.1) is 5.92 Å². The van der Waals surface area contributed by atoms with Crippen LogP contribution in [-0.2, 0) is 17.6 Å². The van der Waals surface area contributed by atoms with Gasteiger partial charge in [-0.15, -0.1) is 0 Å². The second-order valence-electron chi connectivity index (χ2n) is 7.51. The van der Waals surface area contributed by atoms with Crippen molar-refractivity contribution in [3.05, 3.63) is 23.5 Å². The Hall–Kier alpha value is -1.76. The van der Waals surface area contributed by atoms with Crippen LogP contribution in [0.4, 0.5) is 10.5 Å². The van der Waals surface area contributed by atoms with Gasteiger partial charge in [-0.2, -0.15) is 11.8 Å². The number of nitrogens with two attached hydrogens (primary N) is 1. The molecule has 1 atom stereocenters. The highest BCUT2D eigenvalue weighted by Gasteiger charge is 2.49. The number of anilines is 1. The summed E-state index contributed by atoms with van der Waals surface area (Å²) in [5.74, 6) is 0.834. The summed E-state index contributed by atoms with van der Waals surface area (Å²) < 4.78 is 0.130. The second-order valence-corrected chi connectivity index (χ2v) is 9.07. The first-order valence-electron chi connectivity index (χ1n) is 9.01. The van der Waals surface area contributed by atoms with E-state index in [1.807, 2.05) is 18.0 Å². The van der Waals surface area contributed by atoms with Crippen LogP contribution in [0.1, 0.15) is 43.2 Å². The summed E-state index contributed by atoms with van der Waals surface area (Å²) in [7, 11) is 0. The van der Waals surface area contributed by atoms with Gasteiger partial charge in [0.25, 0.3) is 0 Å². The molecule has 1 aromatic rings. The highest BCUT2D eigenvalue weighted by Crippen LogP contribution is 2.53. The molecule has 1 aliphatic heterocycles. The molecule has 0 bridgehead atoms. The van der Waals surface area contributed by atoms with E-state index in [4.69, 9.17) is 5.73 Å². The number of carbonyl (C=O) groups is 2. The number of nitrogens with zero attached hydrogens (tertiary/aromatic N) is 1. The third-order valence-electron chi connectivity index (χ3n) is 5.74. The molecule has 3 aliphatic rings. The number of pyridine rings is 1. The van der Waals surface area contributed by atoms with Crippen molar-refractivity contribution >= 4 is 29.4 Å². The van der Waals surface area contributed by atoms with E-state index in [-0.39, 0.29) is 28.6 Å². The first kappa shape index (κ1) is 16.7. The van der Waals surface area contributed by atoms with Crippen LogP contribution >= 0.6 is 11.8 Å². The SMILES string of the molecule is NC(=O)C1CC2(CC(NC(=O)Nc3cncc4c3CCC4)CCS2)C1. The van der Waals surface area contributed by atoms with Crippen molar-refractivity contribution in [3.63, 3.8) is 0 Å². The number of nitrogens with one attached hydrogen (secondary N) is 2. The number of rotatable bonds is 3. The molecule has 2 aliphatic carbocycles. The standard InChI is InChI=1S/C18H24N4O2S/c19-16(23)12-6-18(7-12)8-13(4-5-25-18)21-17(24)22-15-10-20-9-11-2-1-3-14(11)15/h9-10,12-13H,1-8H2,(H2,19,23)(H2,21,22,24). The number of primary amides is 1. The van der Waals surface area contributed by atoms with E-state index in [0.29, 0.717) is 0 Å². The lowest BCUT2D eigenvalue weighted by atomic mass is 9.70. The zero-order valence-corrected chi connectivity index (χ0v) is 15.0. The number of urea groups is 1. The number of amides is 3. The lowest BCUT2D eigenvalue weighted by molar-refractivity contribution is -0.125. The maximum Gasteiger partial charge on any atom is 0.319 e. The van der Waals surface area contributed by atoms with Crippen molar-refractivity contribution in [2.24, 2.45) is 11.7 Å². The molecule has 2 fully saturated rings. The van der Waals surface area contributed by atoms with Gasteiger partial charge in [0.05, 0.1) is 11.9 Å². The summed E-state index contributed by atoms with van der Waals surface area (Å²) in [5.41, 5.74) is 8.71. The Labute approximate surface area is 151 Å². The Morgan fingerprint density at radius 1 is 1.24 bits per heavy atom. The van der Waals surface area contributed by atoms with E-state index in [0.717, 1.165) is 56.4 Å². The molecule has 1 unspecified atom stereocenters. The molecule has 4 N–H and O–H groups in total. The van der Waals surface area contributed by atoms with E-state index < -0.39 is 0 Å². The predicted octanol–water partition coefficient (Wildman–Crippen LogP) is 2.22. The topological polar surface area (TPSA) is 97.1 Å². The van der Waals surface area contributed by atoms with E-state index in [9.17, 15) is 9.59 Å². The fraction of sp³-hybridized carbons (Fsp3) is 0.611. The molecular weight excluding hydrogens is 336 g/mol. The molecule has 1 spiro atoms. The molecule has 0 radical (unpaired) electrons. The second kappa shape index (κ2) is 6.52. The van der Waals surface area contributed by atoms with Crippen LogP contribution in [-0.4, -0.2) is 33.5 Å².